The minimum Gasteiger partial charge on any atom is -0.503 e. The Morgan fingerprint density at radius 1 is 1.14 bits per heavy atom. The van der Waals surface area contributed by atoms with Crippen molar-refractivity contribution in [2.24, 2.45) is 0 Å². The highest BCUT2D eigenvalue weighted by Gasteiger charge is 2.43. The van der Waals surface area contributed by atoms with Crippen LogP contribution in [0.5, 0.6) is 11.5 Å². The van der Waals surface area contributed by atoms with Crippen LogP contribution in [0, 0.1) is 0 Å². The van der Waals surface area contributed by atoms with Crippen LogP contribution in [0.25, 0.3) is 0 Å². The van der Waals surface area contributed by atoms with Gasteiger partial charge in [-0.15, -0.1) is 0 Å². The lowest BCUT2D eigenvalue weighted by Gasteiger charge is -2.27. The standard InChI is InChI=1S/C23H25NO5/c1-5-19(25)20-21(15-9-11-17(12-10-15)29-14(2)3)24(23(27)22(20)26)16-7-6-8-18(13-16)28-4/h6-14,21,26H,5H2,1-4H3. The van der Waals surface area contributed by atoms with E-state index in [0.717, 1.165) is 0 Å². The van der Waals surface area contributed by atoms with Crippen molar-refractivity contribution >= 4 is 17.4 Å². The predicted octanol–water partition coefficient (Wildman–Crippen LogP) is 4.36. The molecule has 29 heavy (non-hydrogen) atoms. The third kappa shape index (κ3) is 3.97. The number of ether oxygens (including phenoxy) is 2. The van der Waals surface area contributed by atoms with Crippen molar-refractivity contribution in [2.45, 2.75) is 39.3 Å². The van der Waals surface area contributed by atoms with Gasteiger partial charge in [0, 0.05) is 18.2 Å². The average molecular weight is 395 g/mol. The maximum atomic E-state index is 12.9. The molecule has 6 heteroatoms. The quantitative estimate of drug-likeness (QED) is 0.754. The number of hydrogen-bond donors (Lipinski definition) is 1. The van der Waals surface area contributed by atoms with Crippen LogP contribution in [0.3, 0.4) is 0 Å². The molecule has 1 aliphatic rings. The van der Waals surface area contributed by atoms with Crippen LogP contribution < -0.4 is 14.4 Å². The summed E-state index contributed by atoms with van der Waals surface area (Å²) < 4.78 is 11.0. The summed E-state index contributed by atoms with van der Waals surface area (Å²) in [6.45, 7) is 5.58. The van der Waals surface area contributed by atoms with Gasteiger partial charge in [0.25, 0.3) is 5.91 Å². The summed E-state index contributed by atoms with van der Waals surface area (Å²) in [5.74, 6) is -0.120. The molecule has 152 valence electrons. The van der Waals surface area contributed by atoms with E-state index in [0.29, 0.717) is 22.7 Å². The van der Waals surface area contributed by atoms with Gasteiger partial charge in [0.2, 0.25) is 0 Å². The van der Waals surface area contributed by atoms with E-state index in [1.54, 1.807) is 43.3 Å². The summed E-state index contributed by atoms with van der Waals surface area (Å²) >= 11 is 0. The second kappa shape index (κ2) is 8.39. The zero-order valence-corrected chi connectivity index (χ0v) is 17.0. The predicted molar refractivity (Wildman–Crippen MR) is 110 cm³/mol. The third-order valence-electron chi connectivity index (χ3n) is 4.73. The fraction of sp³-hybridized carbons (Fsp3) is 0.304. The molecule has 0 radical (unpaired) electrons. The van der Waals surface area contributed by atoms with Crippen molar-refractivity contribution < 1.29 is 24.2 Å². The van der Waals surface area contributed by atoms with Crippen molar-refractivity contribution in [3.63, 3.8) is 0 Å². The highest BCUT2D eigenvalue weighted by atomic mass is 16.5. The summed E-state index contributed by atoms with van der Waals surface area (Å²) in [4.78, 5) is 27.0. The van der Waals surface area contributed by atoms with Crippen LogP contribution in [0.4, 0.5) is 5.69 Å². The number of ketones is 1. The van der Waals surface area contributed by atoms with Gasteiger partial charge in [-0.1, -0.05) is 25.1 Å². The molecule has 0 fully saturated rings. The van der Waals surface area contributed by atoms with Gasteiger partial charge in [0.05, 0.1) is 24.8 Å². The number of benzene rings is 2. The zero-order valence-electron chi connectivity index (χ0n) is 17.0. The molecular weight excluding hydrogens is 370 g/mol. The summed E-state index contributed by atoms with van der Waals surface area (Å²) in [6, 6.07) is 13.5. The largest absolute Gasteiger partial charge is 0.503 e. The number of carbonyl (C=O) groups excluding carboxylic acids is 2. The van der Waals surface area contributed by atoms with E-state index < -0.39 is 17.7 Å². The van der Waals surface area contributed by atoms with Crippen molar-refractivity contribution in [1.82, 2.24) is 0 Å². The number of carbonyl (C=O) groups is 2. The van der Waals surface area contributed by atoms with Crippen LogP contribution in [-0.2, 0) is 9.59 Å². The first kappa shape index (κ1) is 20.5. The lowest BCUT2D eigenvalue weighted by molar-refractivity contribution is -0.118. The van der Waals surface area contributed by atoms with Crippen molar-refractivity contribution in [3.8, 4) is 11.5 Å². The molecule has 2 aromatic carbocycles. The SMILES string of the molecule is CCC(=O)C1=C(O)C(=O)N(c2cccc(OC)c2)C1c1ccc(OC(C)C)cc1. The Kier molecular flexibility index (Phi) is 5.92. The van der Waals surface area contributed by atoms with Crippen LogP contribution >= 0.6 is 0 Å². The van der Waals surface area contributed by atoms with Gasteiger partial charge < -0.3 is 14.6 Å². The Hall–Kier alpha value is -3.28. The monoisotopic (exact) mass is 395 g/mol. The number of rotatable bonds is 7. The Morgan fingerprint density at radius 2 is 1.83 bits per heavy atom. The summed E-state index contributed by atoms with van der Waals surface area (Å²) in [5.41, 5.74) is 1.35. The zero-order chi connectivity index (χ0) is 21.1. The summed E-state index contributed by atoms with van der Waals surface area (Å²) in [5, 5.41) is 10.5. The number of Topliss-reactive ketones (excluding diaryl/α,β-unsaturated/α-hetero) is 1. The first-order valence-electron chi connectivity index (χ1n) is 9.57. The van der Waals surface area contributed by atoms with E-state index in [1.807, 2.05) is 26.0 Å². The molecular formula is C23H25NO5. The summed E-state index contributed by atoms with van der Waals surface area (Å²) in [7, 11) is 1.54. The second-order valence-electron chi connectivity index (χ2n) is 7.05. The van der Waals surface area contributed by atoms with Crippen LogP contribution in [0.15, 0.2) is 59.9 Å². The second-order valence-corrected chi connectivity index (χ2v) is 7.05. The number of hydrogen-bond acceptors (Lipinski definition) is 5. The maximum absolute atomic E-state index is 12.9. The molecule has 1 amide bonds. The molecule has 2 aromatic rings. The molecule has 3 rings (SSSR count). The van der Waals surface area contributed by atoms with Crippen LogP contribution in [0.1, 0.15) is 38.8 Å². The van der Waals surface area contributed by atoms with E-state index in [4.69, 9.17) is 9.47 Å². The van der Waals surface area contributed by atoms with Crippen molar-refractivity contribution in [3.05, 3.63) is 65.4 Å². The minimum absolute atomic E-state index is 0.0309. The minimum atomic E-state index is -0.727. The number of nitrogens with zero attached hydrogens (tertiary/aromatic N) is 1. The first-order valence-corrected chi connectivity index (χ1v) is 9.57. The molecule has 0 aromatic heterocycles. The highest BCUT2D eigenvalue weighted by molar-refractivity contribution is 6.16. The summed E-state index contributed by atoms with van der Waals surface area (Å²) in [6.07, 6.45) is 0.215. The van der Waals surface area contributed by atoms with E-state index in [-0.39, 0.29) is 23.9 Å². The molecule has 1 atom stereocenters. The number of amides is 1. The van der Waals surface area contributed by atoms with Crippen LogP contribution in [-0.4, -0.2) is 30.0 Å². The molecule has 1 N–H and O–H groups in total. The van der Waals surface area contributed by atoms with Gasteiger partial charge in [0.1, 0.15) is 11.5 Å². The molecule has 1 aliphatic heterocycles. The maximum Gasteiger partial charge on any atom is 0.294 e. The van der Waals surface area contributed by atoms with Crippen LogP contribution in [0.2, 0.25) is 0 Å². The van der Waals surface area contributed by atoms with E-state index in [9.17, 15) is 14.7 Å². The Balaban J connectivity index is 2.10. The molecule has 6 nitrogen and oxygen atoms in total. The molecule has 0 aliphatic carbocycles. The lowest BCUT2D eigenvalue weighted by Crippen LogP contribution is -2.31. The van der Waals surface area contributed by atoms with E-state index in [1.165, 1.54) is 12.0 Å². The smallest absolute Gasteiger partial charge is 0.294 e. The molecule has 0 spiro atoms. The van der Waals surface area contributed by atoms with Gasteiger partial charge in [-0.3, -0.25) is 14.5 Å². The van der Waals surface area contributed by atoms with Gasteiger partial charge in [-0.2, -0.15) is 0 Å². The molecule has 0 saturated carbocycles. The molecule has 1 heterocycles. The van der Waals surface area contributed by atoms with E-state index >= 15 is 0 Å². The van der Waals surface area contributed by atoms with Gasteiger partial charge in [-0.25, -0.2) is 0 Å². The topological polar surface area (TPSA) is 76.1 Å². The fourth-order valence-electron chi connectivity index (χ4n) is 3.42. The highest BCUT2D eigenvalue weighted by Crippen LogP contribution is 2.42. The average Bonchev–Trinajstić information content (AvgIpc) is 2.98. The molecule has 0 saturated heterocycles. The van der Waals surface area contributed by atoms with Crippen molar-refractivity contribution in [1.29, 1.82) is 0 Å². The Bertz CT molecular complexity index is 946. The van der Waals surface area contributed by atoms with Gasteiger partial charge >= 0.3 is 0 Å². The fourth-order valence-corrected chi connectivity index (χ4v) is 3.42. The van der Waals surface area contributed by atoms with E-state index in [2.05, 4.69) is 0 Å². The number of aliphatic hydroxyl groups is 1. The Morgan fingerprint density at radius 3 is 2.41 bits per heavy atom. The first-order chi connectivity index (χ1) is 13.9. The van der Waals surface area contributed by atoms with Gasteiger partial charge in [0.15, 0.2) is 11.5 Å². The number of aliphatic hydroxyl groups excluding tert-OH is 1. The van der Waals surface area contributed by atoms with Crippen molar-refractivity contribution in [2.75, 3.05) is 12.0 Å². The van der Waals surface area contributed by atoms with Gasteiger partial charge in [-0.05, 0) is 43.7 Å². The Labute approximate surface area is 170 Å². The molecule has 0 bridgehead atoms. The number of methoxy groups -OCH3 is 1. The third-order valence-corrected chi connectivity index (χ3v) is 4.73. The molecule has 1 unspecified atom stereocenters. The number of anilines is 1. The lowest BCUT2D eigenvalue weighted by atomic mass is 9.94. The normalized spacial score (nSPS) is 16.5.